The zero-order valence-corrected chi connectivity index (χ0v) is 16.8. The number of nitrogens with zero attached hydrogens (tertiary/aromatic N) is 4. The number of aromatic amines is 1. The molecule has 8 heteroatoms. The van der Waals surface area contributed by atoms with Crippen LogP contribution in [0.15, 0.2) is 60.0 Å². The molecule has 0 radical (unpaired) electrons. The number of H-pyrrole nitrogens is 1. The second-order valence-electron chi connectivity index (χ2n) is 5.46. The van der Waals surface area contributed by atoms with Crippen molar-refractivity contribution >= 4 is 29.9 Å². The molecule has 1 aromatic carbocycles. The van der Waals surface area contributed by atoms with Gasteiger partial charge in [0.05, 0.1) is 0 Å². The molecule has 0 aliphatic carbocycles. The van der Waals surface area contributed by atoms with Crippen molar-refractivity contribution in [3.63, 3.8) is 0 Å². The Bertz CT molecular complexity index is 803. The number of rotatable bonds is 6. The molecule has 0 saturated heterocycles. The molecule has 0 saturated carbocycles. The van der Waals surface area contributed by atoms with Crippen LogP contribution in [0.2, 0.25) is 0 Å². The average Bonchev–Trinajstić information content (AvgIpc) is 3.20. The van der Waals surface area contributed by atoms with E-state index in [-0.39, 0.29) is 24.0 Å². The van der Waals surface area contributed by atoms with Gasteiger partial charge < -0.3 is 10.6 Å². The average molecular weight is 463 g/mol. The molecule has 0 amide bonds. The van der Waals surface area contributed by atoms with Crippen molar-refractivity contribution in [2.45, 2.75) is 13.0 Å². The molecule has 0 unspecified atom stereocenters. The second-order valence-corrected chi connectivity index (χ2v) is 5.46. The Kier molecular flexibility index (Phi) is 8.00. The van der Waals surface area contributed by atoms with Crippen LogP contribution in [0, 0.1) is 0 Å². The van der Waals surface area contributed by atoms with Crippen LogP contribution in [0.5, 0.6) is 0 Å². The van der Waals surface area contributed by atoms with E-state index in [0.29, 0.717) is 6.54 Å². The molecule has 2 heterocycles. The van der Waals surface area contributed by atoms with Gasteiger partial charge in [-0.2, -0.15) is 5.10 Å². The lowest BCUT2D eigenvalue weighted by molar-refractivity contribution is 0.784. The predicted molar refractivity (Wildman–Crippen MR) is 113 cm³/mol. The number of hydrogen-bond donors (Lipinski definition) is 3. The van der Waals surface area contributed by atoms with Crippen LogP contribution in [0.4, 0.5) is 0 Å². The number of aliphatic imine (C=N–C) groups is 1. The van der Waals surface area contributed by atoms with E-state index >= 15 is 0 Å². The lowest BCUT2D eigenvalue weighted by Gasteiger charge is -2.12. The molecule has 3 rings (SSSR count). The van der Waals surface area contributed by atoms with Gasteiger partial charge in [0.25, 0.3) is 0 Å². The van der Waals surface area contributed by atoms with E-state index in [1.165, 1.54) is 6.33 Å². The maximum atomic E-state index is 4.31. The normalized spacial score (nSPS) is 10.9. The molecular formula is C18H22IN7. The first-order chi connectivity index (χ1) is 12.3. The Morgan fingerprint density at radius 2 is 2.04 bits per heavy atom. The number of halogens is 1. The molecule has 0 aliphatic heterocycles. The number of pyridine rings is 1. The molecule has 3 N–H and O–H groups in total. The third kappa shape index (κ3) is 5.80. The molecule has 2 aromatic heterocycles. The summed E-state index contributed by atoms with van der Waals surface area (Å²) in [6.07, 6.45) is 4.17. The first-order valence-electron chi connectivity index (χ1n) is 8.14. The van der Waals surface area contributed by atoms with Crippen molar-refractivity contribution in [2.24, 2.45) is 4.99 Å². The number of nitrogens with one attached hydrogen (secondary N) is 3. The van der Waals surface area contributed by atoms with Crippen LogP contribution in [-0.4, -0.2) is 39.7 Å². The van der Waals surface area contributed by atoms with Crippen molar-refractivity contribution in [1.29, 1.82) is 0 Å². The summed E-state index contributed by atoms with van der Waals surface area (Å²) in [6, 6.07) is 14.1. The van der Waals surface area contributed by atoms with E-state index in [0.717, 1.165) is 41.6 Å². The lowest BCUT2D eigenvalue weighted by atomic mass is 10.1. The van der Waals surface area contributed by atoms with Crippen LogP contribution in [-0.2, 0) is 13.0 Å². The van der Waals surface area contributed by atoms with Crippen LogP contribution in [0.25, 0.3) is 11.4 Å². The fourth-order valence-corrected chi connectivity index (χ4v) is 2.43. The predicted octanol–water partition coefficient (Wildman–Crippen LogP) is 2.39. The molecule has 136 valence electrons. The highest BCUT2D eigenvalue weighted by atomic mass is 127. The highest BCUT2D eigenvalue weighted by Gasteiger charge is 2.03. The maximum Gasteiger partial charge on any atom is 0.191 e. The van der Waals surface area contributed by atoms with Gasteiger partial charge in [-0.05, 0) is 23.8 Å². The minimum Gasteiger partial charge on any atom is -0.356 e. The first-order valence-corrected chi connectivity index (χ1v) is 8.14. The second kappa shape index (κ2) is 10.5. The van der Waals surface area contributed by atoms with Crippen molar-refractivity contribution in [2.75, 3.05) is 13.6 Å². The summed E-state index contributed by atoms with van der Waals surface area (Å²) >= 11 is 0. The number of aromatic nitrogens is 4. The topological polar surface area (TPSA) is 90.9 Å². The highest BCUT2D eigenvalue weighted by Crippen LogP contribution is 2.15. The first kappa shape index (κ1) is 19.8. The standard InChI is InChI=1S/C18H21N7.HI/c1-19-18(21-10-8-16-7-2-3-9-20-16)22-12-14-5-4-6-15(11-14)17-23-13-24-25-17;/h2-7,9,11,13H,8,10,12H2,1H3,(H2,19,21,22)(H,23,24,25);1H. The fourth-order valence-electron chi connectivity index (χ4n) is 2.43. The van der Waals surface area contributed by atoms with E-state index in [1.54, 1.807) is 7.05 Å². The van der Waals surface area contributed by atoms with Gasteiger partial charge in [-0.25, -0.2) is 4.98 Å². The van der Waals surface area contributed by atoms with Gasteiger partial charge in [-0.1, -0.05) is 24.3 Å². The molecular weight excluding hydrogens is 441 g/mol. The Morgan fingerprint density at radius 1 is 1.12 bits per heavy atom. The molecule has 0 aliphatic rings. The summed E-state index contributed by atoms with van der Waals surface area (Å²) in [4.78, 5) is 12.7. The smallest absolute Gasteiger partial charge is 0.191 e. The van der Waals surface area contributed by atoms with Gasteiger partial charge in [0.1, 0.15) is 6.33 Å². The molecule has 3 aromatic rings. The largest absolute Gasteiger partial charge is 0.356 e. The summed E-state index contributed by atoms with van der Waals surface area (Å²) in [5.74, 6) is 1.53. The van der Waals surface area contributed by atoms with Gasteiger partial charge in [0.15, 0.2) is 11.8 Å². The monoisotopic (exact) mass is 463 g/mol. The van der Waals surface area contributed by atoms with Crippen LogP contribution in [0.1, 0.15) is 11.3 Å². The van der Waals surface area contributed by atoms with Gasteiger partial charge in [0, 0.05) is 44.0 Å². The van der Waals surface area contributed by atoms with Crippen molar-refractivity contribution in [3.05, 3.63) is 66.2 Å². The molecule has 0 atom stereocenters. The third-order valence-corrected chi connectivity index (χ3v) is 3.70. The molecule has 26 heavy (non-hydrogen) atoms. The number of guanidine groups is 1. The Morgan fingerprint density at radius 3 is 2.77 bits per heavy atom. The van der Waals surface area contributed by atoms with E-state index in [1.807, 2.05) is 36.5 Å². The third-order valence-electron chi connectivity index (χ3n) is 3.70. The summed E-state index contributed by atoms with van der Waals surface area (Å²) < 4.78 is 0. The Hall–Kier alpha value is -2.49. The van der Waals surface area contributed by atoms with Crippen molar-refractivity contribution < 1.29 is 0 Å². The van der Waals surface area contributed by atoms with E-state index in [2.05, 4.69) is 47.9 Å². The van der Waals surface area contributed by atoms with E-state index in [4.69, 9.17) is 0 Å². The van der Waals surface area contributed by atoms with E-state index in [9.17, 15) is 0 Å². The number of benzene rings is 1. The van der Waals surface area contributed by atoms with Gasteiger partial charge in [0.2, 0.25) is 0 Å². The zero-order valence-electron chi connectivity index (χ0n) is 14.5. The minimum absolute atomic E-state index is 0. The summed E-state index contributed by atoms with van der Waals surface area (Å²) in [7, 11) is 1.76. The SMILES string of the molecule is CN=C(NCCc1ccccn1)NCc1cccc(-c2ncn[nH]2)c1.I. The summed E-state index contributed by atoms with van der Waals surface area (Å²) in [5, 5.41) is 13.4. The van der Waals surface area contributed by atoms with Gasteiger partial charge in [-0.15, -0.1) is 24.0 Å². The van der Waals surface area contributed by atoms with Crippen LogP contribution in [0.3, 0.4) is 0 Å². The van der Waals surface area contributed by atoms with Gasteiger partial charge >= 0.3 is 0 Å². The van der Waals surface area contributed by atoms with E-state index < -0.39 is 0 Å². The van der Waals surface area contributed by atoms with Crippen LogP contribution < -0.4 is 10.6 Å². The molecule has 0 bridgehead atoms. The highest BCUT2D eigenvalue weighted by molar-refractivity contribution is 14.0. The van der Waals surface area contributed by atoms with Crippen LogP contribution >= 0.6 is 24.0 Å². The zero-order chi connectivity index (χ0) is 17.3. The molecule has 0 fully saturated rings. The number of hydrogen-bond acceptors (Lipinski definition) is 4. The quantitative estimate of drug-likeness (QED) is 0.297. The summed E-state index contributed by atoms with van der Waals surface area (Å²) in [6.45, 7) is 1.44. The van der Waals surface area contributed by atoms with Crippen molar-refractivity contribution in [1.82, 2.24) is 30.8 Å². The fraction of sp³-hybridized carbons (Fsp3) is 0.222. The summed E-state index contributed by atoms with van der Waals surface area (Å²) in [5.41, 5.74) is 3.21. The minimum atomic E-state index is 0. The lowest BCUT2D eigenvalue weighted by Crippen LogP contribution is -2.37. The van der Waals surface area contributed by atoms with Crippen molar-refractivity contribution in [3.8, 4) is 11.4 Å². The Labute approximate surface area is 169 Å². The molecule has 7 nitrogen and oxygen atoms in total. The van der Waals surface area contributed by atoms with Gasteiger partial charge in [-0.3, -0.25) is 15.1 Å². The maximum absolute atomic E-state index is 4.31. The molecule has 0 spiro atoms. The Balaban J connectivity index is 0.00000243.